The van der Waals surface area contributed by atoms with Crippen molar-refractivity contribution in [2.45, 2.75) is 25.8 Å². The van der Waals surface area contributed by atoms with E-state index in [1.54, 1.807) is 0 Å². The Kier molecular flexibility index (Phi) is 5.83. The Balaban J connectivity index is 1.48. The van der Waals surface area contributed by atoms with E-state index in [0.29, 0.717) is 18.9 Å². The minimum absolute atomic E-state index is 0.110. The molecule has 1 fully saturated rings. The molecule has 2 heterocycles. The number of carbonyl (C=O) groups is 1. The van der Waals surface area contributed by atoms with Gasteiger partial charge < -0.3 is 10.6 Å². The van der Waals surface area contributed by atoms with Gasteiger partial charge in [-0.2, -0.15) is 5.10 Å². The van der Waals surface area contributed by atoms with Crippen LogP contribution >= 0.6 is 0 Å². The summed E-state index contributed by atoms with van der Waals surface area (Å²) in [7, 11) is 0. The van der Waals surface area contributed by atoms with E-state index >= 15 is 0 Å². The normalized spacial score (nSPS) is 16.2. The number of aromatic nitrogens is 2. The molecule has 1 atom stereocenters. The molecule has 144 valence electrons. The third-order valence-electron chi connectivity index (χ3n) is 5.28. The number of benzene rings is 2. The molecule has 4 rings (SSSR count). The smallest absolute Gasteiger partial charge is 0.220 e. The van der Waals surface area contributed by atoms with Gasteiger partial charge in [0.2, 0.25) is 5.91 Å². The number of nitrogens with one attached hydrogen (secondary N) is 2. The molecule has 3 aromatic rings. The van der Waals surface area contributed by atoms with Crippen molar-refractivity contribution in [3.8, 4) is 16.9 Å². The summed E-state index contributed by atoms with van der Waals surface area (Å²) >= 11 is 0. The van der Waals surface area contributed by atoms with E-state index in [0.717, 1.165) is 42.0 Å². The van der Waals surface area contributed by atoms with E-state index < -0.39 is 0 Å². The first kappa shape index (κ1) is 18.4. The molecule has 28 heavy (non-hydrogen) atoms. The molecule has 0 radical (unpaired) electrons. The SMILES string of the molecule is O=C(CCC1CCNC1)NCc1cn(-c2ccccc2)nc1-c1ccccc1. The first-order valence-corrected chi connectivity index (χ1v) is 9.96. The van der Waals surface area contributed by atoms with Gasteiger partial charge in [0.25, 0.3) is 0 Å². The minimum Gasteiger partial charge on any atom is -0.352 e. The van der Waals surface area contributed by atoms with Crippen molar-refractivity contribution >= 4 is 5.91 Å². The highest BCUT2D eigenvalue weighted by Gasteiger charge is 2.17. The second-order valence-electron chi connectivity index (χ2n) is 7.32. The Labute approximate surface area is 165 Å². The molecular formula is C23H26N4O. The van der Waals surface area contributed by atoms with Gasteiger partial charge in [0.05, 0.1) is 11.4 Å². The third-order valence-corrected chi connectivity index (χ3v) is 5.28. The van der Waals surface area contributed by atoms with Crippen LogP contribution < -0.4 is 10.6 Å². The summed E-state index contributed by atoms with van der Waals surface area (Å²) in [6, 6.07) is 20.2. The van der Waals surface area contributed by atoms with Crippen LogP contribution in [0.2, 0.25) is 0 Å². The van der Waals surface area contributed by atoms with Crippen LogP contribution in [-0.2, 0) is 11.3 Å². The first-order valence-electron chi connectivity index (χ1n) is 9.96. The maximum Gasteiger partial charge on any atom is 0.220 e. The van der Waals surface area contributed by atoms with Gasteiger partial charge in [-0.25, -0.2) is 4.68 Å². The quantitative estimate of drug-likeness (QED) is 0.665. The summed E-state index contributed by atoms with van der Waals surface area (Å²) in [5.74, 6) is 0.741. The zero-order chi connectivity index (χ0) is 19.2. The molecule has 0 aliphatic carbocycles. The van der Waals surface area contributed by atoms with Gasteiger partial charge in [0, 0.05) is 30.3 Å². The van der Waals surface area contributed by atoms with Crippen molar-refractivity contribution in [1.82, 2.24) is 20.4 Å². The lowest BCUT2D eigenvalue weighted by molar-refractivity contribution is -0.121. The maximum atomic E-state index is 12.3. The number of carbonyl (C=O) groups excluding carboxylic acids is 1. The van der Waals surface area contributed by atoms with Gasteiger partial charge in [-0.1, -0.05) is 48.5 Å². The highest BCUT2D eigenvalue weighted by Crippen LogP contribution is 2.23. The van der Waals surface area contributed by atoms with E-state index in [9.17, 15) is 4.79 Å². The summed E-state index contributed by atoms with van der Waals surface area (Å²) in [6.07, 6.45) is 4.72. The number of nitrogens with zero attached hydrogens (tertiary/aromatic N) is 2. The second kappa shape index (κ2) is 8.85. The Hall–Kier alpha value is -2.92. The molecule has 5 heteroatoms. The predicted molar refractivity (Wildman–Crippen MR) is 111 cm³/mol. The fourth-order valence-electron chi connectivity index (χ4n) is 3.67. The number of hydrogen-bond donors (Lipinski definition) is 2. The summed E-state index contributed by atoms with van der Waals surface area (Å²) in [5.41, 5.74) is 3.99. The number of rotatable bonds is 7. The van der Waals surface area contributed by atoms with Crippen molar-refractivity contribution in [1.29, 1.82) is 0 Å². The molecular weight excluding hydrogens is 348 g/mol. The first-order chi connectivity index (χ1) is 13.8. The molecule has 1 unspecified atom stereocenters. The lowest BCUT2D eigenvalue weighted by atomic mass is 10.0. The van der Waals surface area contributed by atoms with Gasteiger partial charge in [-0.15, -0.1) is 0 Å². The largest absolute Gasteiger partial charge is 0.352 e. The van der Waals surface area contributed by atoms with E-state index in [4.69, 9.17) is 5.10 Å². The number of amides is 1. The molecule has 2 N–H and O–H groups in total. The van der Waals surface area contributed by atoms with Crippen LogP contribution in [0.15, 0.2) is 66.9 Å². The fourth-order valence-corrected chi connectivity index (χ4v) is 3.67. The van der Waals surface area contributed by atoms with Crippen molar-refractivity contribution < 1.29 is 4.79 Å². The van der Waals surface area contributed by atoms with Gasteiger partial charge in [0.15, 0.2) is 0 Å². The zero-order valence-electron chi connectivity index (χ0n) is 16.0. The molecule has 1 aromatic heterocycles. The van der Waals surface area contributed by atoms with Crippen LogP contribution in [0.1, 0.15) is 24.8 Å². The van der Waals surface area contributed by atoms with Crippen molar-refractivity contribution in [2.75, 3.05) is 13.1 Å². The minimum atomic E-state index is 0.110. The average Bonchev–Trinajstić information content (AvgIpc) is 3.42. The highest BCUT2D eigenvalue weighted by atomic mass is 16.1. The molecule has 5 nitrogen and oxygen atoms in total. The summed E-state index contributed by atoms with van der Waals surface area (Å²) < 4.78 is 1.88. The Morgan fingerprint density at radius 2 is 1.86 bits per heavy atom. The monoisotopic (exact) mass is 374 g/mol. The average molecular weight is 374 g/mol. The number of hydrogen-bond acceptors (Lipinski definition) is 3. The van der Waals surface area contributed by atoms with Crippen LogP contribution in [0.3, 0.4) is 0 Å². The molecule has 1 saturated heterocycles. The topological polar surface area (TPSA) is 59.0 Å². The van der Waals surface area contributed by atoms with Crippen molar-refractivity contribution in [2.24, 2.45) is 5.92 Å². The summed E-state index contributed by atoms with van der Waals surface area (Å²) in [4.78, 5) is 12.3. The Bertz CT molecular complexity index is 899. The highest BCUT2D eigenvalue weighted by molar-refractivity contribution is 5.76. The third kappa shape index (κ3) is 4.49. The van der Waals surface area contributed by atoms with E-state index in [1.807, 2.05) is 59.4 Å². The van der Waals surface area contributed by atoms with Crippen molar-refractivity contribution in [3.05, 3.63) is 72.4 Å². The van der Waals surface area contributed by atoms with E-state index in [2.05, 4.69) is 22.8 Å². The Morgan fingerprint density at radius 3 is 2.57 bits per heavy atom. The molecule has 0 bridgehead atoms. The van der Waals surface area contributed by atoms with Gasteiger partial charge >= 0.3 is 0 Å². The molecule has 0 saturated carbocycles. The van der Waals surface area contributed by atoms with Crippen LogP contribution in [-0.4, -0.2) is 28.8 Å². The van der Waals surface area contributed by atoms with Gasteiger partial charge in [0.1, 0.15) is 0 Å². The predicted octanol–water partition coefficient (Wildman–Crippen LogP) is 3.55. The lowest BCUT2D eigenvalue weighted by Gasteiger charge is -2.09. The van der Waals surface area contributed by atoms with Crippen LogP contribution in [0.25, 0.3) is 16.9 Å². The second-order valence-corrected chi connectivity index (χ2v) is 7.32. The van der Waals surface area contributed by atoms with Crippen molar-refractivity contribution in [3.63, 3.8) is 0 Å². The zero-order valence-corrected chi connectivity index (χ0v) is 16.0. The molecule has 1 aliphatic heterocycles. The summed E-state index contributed by atoms with van der Waals surface area (Å²) in [5, 5.41) is 11.2. The Morgan fingerprint density at radius 1 is 1.11 bits per heavy atom. The maximum absolute atomic E-state index is 12.3. The van der Waals surface area contributed by atoms with Gasteiger partial charge in [-0.3, -0.25) is 4.79 Å². The van der Waals surface area contributed by atoms with E-state index in [-0.39, 0.29) is 5.91 Å². The molecule has 0 spiro atoms. The van der Waals surface area contributed by atoms with Gasteiger partial charge in [-0.05, 0) is 44.0 Å². The number of para-hydroxylation sites is 1. The van der Waals surface area contributed by atoms with Crippen LogP contribution in [0, 0.1) is 5.92 Å². The molecule has 2 aromatic carbocycles. The standard InChI is InChI=1S/C23H26N4O/c28-22(12-11-18-13-14-24-15-18)25-16-20-17-27(21-9-5-2-6-10-21)26-23(20)19-7-3-1-4-8-19/h1-10,17-18,24H,11-16H2,(H,25,28). The summed E-state index contributed by atoms with van der Waals surface area (Å²) in [6.45, 7) is 2.60. The molecule has 1 amide bonds. The van der Waals surface area contributed by atoms with E-state index in [1.165, 1.54) is 6.42 Å². The van der Waals surface area contributed by atoms with Crippen LogP contribution in [0.5, 0.6) is 0 Å². The molecule has 1 aliphatic rings. The lowest BCUT2D eigenvalue weighted by Crippen LogP contribution is -2.23. The van der Waals surface area contributed by atoms with Crippen LogP contribution in [0.4, 0.5) is 0 Å². The fraction of sp³-hybridized carbons (Fsp3) is 0.304.